The van der Waals surface area contributed by atoms with E-state index in [0.29, 0.717) is 0 Å². The molecule has 0 rings (SSSR count). The maximum atomic E-state index is 0. The van der Waals surface area contributed by atoms with Gasteiger partial charge < -0.3 is 0 Å². The van der Waals surface area contributed by atoms with Gasteiger partial charge in [0.25, 0.3) is 0 Å². The first-order valence-corrected chi connectivity index (χ1v) is 0. The van der Waals surface area contributed by atoms with Crippen molar-refractivity contribution in [3.05, 3.63) is 0 Å². The molecule has 28 valence electrons. The topological polar surface area (TPSA) is 0 Å². The van der Waals surface area contributed by atoms with Crippen LogP contribution in [0.25, 0.3) is 0 Å². The molecule has 0 fully saturated rings. The van der Waals surface area contributed by atoms with Crippen LogP contribution < -0.4 is 0 Å². The van der Waals surface area contributed by atoms with E-state index in [9.17, 15) is 0 Å². The monoisotopic (exact) mass is 494 g/mol. The van der Waals surface area contributed by atoms with Crippen molar-refractivity contribution in [2.45, 2.75) is 0 Å². The SMILES string of the molecule is [Ag].[Co].[Pb].[Sn]. The molecule has 0 aliphatic heterocycles. The van der Waals surface area contributed by atoms with Crippen LogP contribution in [0.2, 0.25) is 0 Å². The minimum Gasteiger partial charge on any atom is 0 e. The first-order chi connectivity index (χ1) is 0. The number of hydrogen-bond donors (Lipinski definition) is 0. The number of rotatable bonds is 0. The Balaban J connectivity index is 0. The smallest absolute Gasteiger partial charge is 0 e. The van der Waals surface area contributed by atoms with Gasteiger partial charge in [0.1, 0.15) is 0 Å². The van der Waals surface area contributed by atoms with Crippen LogP contribution in [0.3, 0.4) is 0 Å². The first-order valence-electron chi connectivity index (χ1n) is 0. The quantitative estimate of drug-likeness (QED) is 0.390. The largest absolute Gasteiger partial charge is 0 e. The third kappa shape index (κ3) is 8.88. The van der Waals surface area contributed by atoms with Crippen molar-refractivity contribution in [2.24, 2.45) is 0 Å². The second kappa shape index (κ2) is 16.7. The normalized spacial score (nSPS) is 0. The summed E-state index contributed by atoms with van der Waals surface area (Å²) in [7, 11) is 0. The summed E-state index contributed by atoms with van der Waals surface area (Å²) in [6.07, 6.45) is 0. The minimum atomic E-state index is 0. The maximum absolute atomic E-state index is 0. The molecule has 0 nitrogen and oxygen atoms in total. The van der Waals surface area contributed by atoms with Crippen LogP contribution in [0.4, 0.5) is 0 Å². The molecular formula is AgCoPbSn. The van der Waals surface area contributed by atoms with Gasteiger partial charge in [-0.05, 0) is 0 Å². The maximum Gasteiger partial charge on any atom is 0 e. The Morgan fingerprint density at radius 1 is 1.00 bits per heavy atom. The summed E-state index contributed by atoms with van der Waals surface area (Å²) >= 11 is 0. The molecule has 4 heteroatoms. The predicted octanol–water partition coefficient (Wildman–Crippen LogP) is -0.767. The molecule has 0 aromatic rings. The molecule has 0 amide bonds. The van der Waals surface area contributed by atoms with E-state index < -0.39 is 0 Å². The zero-order valence-electron chi connectivity index (χ0n) is 1.63. The Bertz CT molecular complexity index is 8.00. The molecule has 0 N–H and O–H groups in total. The molecular weight excluding hydrogens is 493 g/mol. The van der Waals surface area contributed by atoms with Gasteiger partial charge in [-0.1, -0.05) is 0 Å². The summed E-state index contributed by atoms with van der Waals surface area (Å²) in [4.78, 5) is 0. The van der Waals surface area contributed by atoms with Crippen molar-refractivity contribution in [1.29, 1.82) is 0 Å². The number of hydrogen-bond acceptors (Lipinski definition) is 0. The van der Waals surface area contributed by atoms with Gasteiger partial charge in [-0.3, -0.25) is 0 Å². The van der Waals surface area contributed by atoms with Crippen LogP contribution in [0.5, 0.6) is 0 Å². The zero-order valence-corrected chi connectivity index (χ0v) is 10.9. The van der Waals surface area contributed by atoms with E-state index in [1.807, 2.05) is 0 Å². The van der Waals surface area contributed by atoms with E-state index in [0.717, 1.165) is 0 Å². The van der Waals surface area contributed by atoms with Gasteiger partial charge in [0.05, 0.1) is 0 Å². The predicted molar refractivity (Wildman–Crippen MR) is 11.5 cm³/mol. The van der Waals surface area contributed by atoms with Crippen LogP contribution in [0.1, 0.15) is 0 Å². The standard InChI is InChI=1S/Ag.Co.Pb.Sn. The summed E-state index contributed by atoms with van der Waals surface area (Å²) in [5, 5.41) is 0. The summed E-state index contributed by atoms with van der Waals surface area (Å²) in [6.45, 7) is 0. The molecule has 0 aliphatic carbocycles. The fraction of sp³-hybridized carbons (Fsp3) is 0. The summed E-state index contributed by atoms with van der Waals surface area (Å²) < 4.78 is 0. The van der Waals surface area contributed by atoms with Crippen LogP contribution in [-0.4, -0.2) is 51.2 Å². The Labute approximate surface area is 88.7 Å². The third-order valence-corrected chi connectivity index (χ3v) is 0. The molecule has 0 unspecified atom stereocenters. The average molecular weight is 493 g/mol. The van der Waals surface area contributed by atoms with Crippen molar-refractivity contribution >= 4 is 51.2 Å². The molecule has 0 atom stereocenters. The molecule has 0 bridgehead atoms. The fourth-order valence-corrected chi connectivity index (χ4v) is 0. The second-order valence-electron chi connectivity index (χ2n) is 0. The van der Waals surface area contributed by atoms with Crippen LogP contribution in [-0.2, 0) is 39.2 Å². The summed E-state index contributed by atoms with van der Waals surface area (Å²) in [5.41, 5.74) is 0. The van der Waals surface area contributed by atoms with Gasteiger partial charge >= 0.3 is 0 Å². The molecule has 10 radical (unpaired) electrons. The third-order valence-electron chi connectivity index (χ3n) is 0. The minimum absolute atomic E-state index is 0. The Morgan fingerprint density at radius 3 is 1.00 bits per heavy atom. The zero-order chi connectivity index (χ0) is 0. The van der Waals surface area contributed by atoms with Crippen molar-refractivity contribution in [3.8, 4) is 0 Å². The van der Waals surface area contributed by atoms with Gasteiger partial charge in [0.15, 0.2) is 0 Å². The van der Waals surface area contributed by atoms with E-state index in [2.05, 4.69) is 0 Å². The van der Waals surface area contributed by atoms with Crippen molar-refractivity contribution < 1.29 is 39.2 Å². The van der Waals surface area contributed by atoms with E-state index in [4.69, 9.17) is 0 Å². The van der Waals surface area contributed by atoms with E-state index in [-0.39, 0.29) is 90.4 Å². The molecule has 0 saturated heterocycles. The van der Waals surface area contributed by atoms with E-state index in [1.54, 1.807) is 0 Å². The molecule has 4 heavy (non-hydrogen) atoms. The molecule has 0 aliphatic rings. The molecule has 0 spiro atoms. The Morgan fingerprint density at radius 2 is 1.00 bits per heavy atom. The molecule has 0 saturated carbocycles. The van der Waals surface area contributed by atoms with Gasteiger partial charge in [0, 0.05) is 90.4 Å². The van der Waals surface area contributed by atoms with Crippen LogP contribution in [0.15, 0.2) is 0 Å². The van der Waals surface area contributed by atoms with Crippen LogP contribution >= 0.6 is 0 Å². The first kappa shape index (κ1) is 28.2. The van der Waals surface area contributed by atoms with Gasteiger partial charge in [-0.2, -0.15) is 0 Å². The van der Waals surface area contributed by atoms with Crippen LogP contribution in [0, 0.1) is 0 Å². The van der Waals surface area contributed by atoms with Crippen molar-refractivity contribution in [3.63, 3.8) is 0 Å². The molecule has 0 aromatic carbocycles. The average Bonchev–Trinajstić information content (AvgIpc) is 0. The molecule has 0 aromatic heterocycles. The fourth-order valence-electron chi connectivity index (χ4n) is 0. The Kier molecular flexibility index (Phi) is 118. The van der Waals surface area contributed by atoms with Gasteiger partial charge in [-0.15, -0.1) is 0 Å². The van der Waals surface area contributed by atoms with Crippen molar-refractivity contribution in [2.75, 3.05) is 0 Å². The summed E-state index contributed by atoms with van der Waals surface area (Å²) in [5.74, 6) is 0. The van der Waals surface area contributed by atoms with Gasteiger partial charge in [-0.25, -0.2) is 0 Å². The van der Waals surface area contributed by atoms with E-state index in [1.165, 1.54) is 0 Å². The Hall–Kier alpha value is 2.97. The van der Waals surface area contributed by atoms with Gasteiger partial charge in [0.2, 0.25) is 0 Å². The van der Waals surface area contributed by atoms with E-state index >= 15 is 0 Å². The molecule has 0 heterocycles. The van der Waals surface area contributed by atoms with Crippen molar-refractivity contribution in [1.82, 2.24) is 0 Å². The summed E-state index contributed by atoms with van der Waals surface area (Å²) in [6, 6.07) is 0. The second-order valence-corrected chi connectivity index (χ2v) is 0.